The van der Waals surface area contributed by atoms with Crippen LogP contribution in [0.25, 0.3) is 0 Å². The minimum absolute atomic E-state index is 0.110. The van der Waals surface area contributed by atoms with Crippen LogP contribution in [0.5, 0.6) is 0 Å². The molecule has 0 saturated carbocycles. The van der Waals surface area contributed by atoms with E-state index in [2.05, 4.69) is 5.32 Å². The SMILES string of the molecule is Fc1ccccc1CC[C@@H]1CNCCO1. The second-order valence-electron chi connectivity index (χ2n) is 3.83. The van der Waals surface area contributed by atoms with Crippen molar-refractivity contribution in [3.63, 3.8) is 0 Å². The van der Waals surface area contributed by atoms with Crippen LogP contribution in [0.4, 0.5) is 4.39 Å². The molecule has 1 heterocycles. The monoisotopic (exact) mass is 209 g/mol. The molecule has 0 aliphatic carbocycles. The number of rotatable bonds is 3. The largest absolute Gasteiger partial charge is 0.376 e. The molecule has 1 aromatic carbocycles. The van der Waals surface area contributed by atoms with Crippen LogP contribution in [-0.2, 0) is 11.2 Å². The Labute approximate surface area is 89.4 Å². The number of nitrogens with one attached hydrogen (secondary N) is 1. The van der Waals surface area contributed by atoms with E-state index in [1.54, 1.807) is 6.07 Å². The van der Waals surface area contributed by atoms with E-state index in [1.807, 2.05) is 12.1 Å². The van der Waals surface area contributed by atoms with Gasteiger partial charge >= 0.3 is 0 Å². The van der Waals surface area contributed by atoms with Crippen molar-refractivity contribution in [2.75, 3.05) is 19.7 Å². The molecule has 1 aromatic rings. The maximum atomic E-state index is 13.3. The third-order valence-electron chi connectivity index (χ3n) is 2.70. The summed E-state index contributed by atoms with van der Waals surface area (Å²) in [5.41, 5.74) is 0.784. The number of hydrogen-bond donors (Lipinski definition) is 1. The molecule has 82 valence electrons. The summed E-state index contributed by atoms with van der Waals surface area (Å²) in [4.78, 5) is 0. The summed E-state index contributed by atoms with van der Waals surface area (Å²) in [7, 11) is 0. The molecule has 0 spiro atoms. The lowest BCUT2D eigenvalue weighted by Crippen LogP contribution is -2.38. The van der Waals surface area contributed by atoms with Crippen molar-refractivity contribution < 1.29 is 9.13 Å². The fourth-order valence-corrected chi connectivity index (χ4v) is 1.82. The van der Waals surface area contributed by atoms with E-state index in [9.17, 15) is 4.39 Å². The number of aryl methyl sites for hydroxylation is 1. The van der Waals surface area contributed by atoms with Gasteiger partial charge in [0.2, 0.25) is 0 Å². The maximum Gasteiger partial charge on any atom is 0.126 e. The lowest BCUT2D eigenvalue weighted by Gasteiger charge is -2.23. The summed E-state index contributed by atoms with van der Waals surface area (Å²) in [6.45, 7) is 2.58. The van der Waals surface area contributed by atoms with Crippen LogP contribution in [0.15, 0.2) is 24.3 Å². The van der Waals surface area contributed by atoms with Gasteiger partial charge in [0.15, 0.2) is 0 Å². The Morgan fingerprint density at radius 3 is 3.00 bits per heavy atom. The van der Waals surface area contributed by atoms with Crippen molar-refractivity contribution in [2.24, 2.45) is 0 Å². The van der Waals surface area contributed by atoms with Crippen molar-refractivity contribution in [2.45, 2.75) is 18.9 Å². The highest BCUT2D eigenvalue weighted by Gasteiger charge is 2.13. The molecule has 2 rings (SSSR count). The lowest BCUT2D eigenvalue weighted by molar-refractivity contribution is 0.0237. The summed E-state index contributed by atoms with van der Waals surface area (Å²) in [5, 5.41) is 3.27. The molecule has 0 amide bonds. The van der Waals surface area contributed by atoms with Crippen LogP contribution >= 0.6 is 0 Å². The second-order valence-corrected chi connectivity index (χ2v) is 3.83. The normalized spacial score (nSPS) is 21.5. The maximum absolute atomic E-state index is 13.3. The zero-order chi connectivity index (χ0) is 10.5. The third kappa shape index (κ3) is 3.01. The molecule has 1 aliphatic heterocycles. The van der Waals surface area contributed by atoms with Crippen molar-refractivity contribution in [3.8, 4) is 0 Å². The van der Waals surface area contributed by atoms with Crippen LogP contribution in [-0.4, -0.2) is 25.8 Å². The summed E-state index contributed by atoms with van der Waals surface area (Å²) in [6.07, 6.45) is 1.87. The van der Waals surface area contributed by atoms with E-state index in [1.165, 1.54) is 6.07 Å². The molecule has 1 N–H and O–H groups in total. The molecular formula is C12H16FNO. The van der Waals surface area contributed by atoms with E-state index >= 15 is 0 Å². The number of hydrogen-bond acceptors (Lipinski definition) is 2. The molecule has 0 bridgehead atoms. The van der Waals surface area contributed by atoms with Crippen LogP contribution in [0, 0.1) is 5.82 Å². The molecule has 3 heteroatoms. The van der Waals surface area contributed by atoms with Crippen LogP contribution in [0.3, 0.4) is 0 Å². The van der Waals surface area contributed by atoms with Gasteiger partial charge in [0, 0.05) is 13.1 Å². The van der Waals surface area contributed by atoms with Gasteiger partial charge in [-0.05, 0) is 24.5 Å². The predicted octanol–water partition coefficient (Wildman–Crippen LogP) is 1.75. The Kier molecular flexibility index (Phi) is 3.69. The molecule has 1 aliphatic rings. The van der Waals surface area contributed by atoms with E-state index in [-0.39, 0.29) is 11.9 Å². The topological polar surface area (TPSA) is 21.3 Å². The highest BCUT2D eigenvalue weighted by molar-refractivity contribution is 5.17. The van der Waals surface area contributed by atoms with Gasteiger partial charge in [0.1, 0.15) is 5.82 Å². The third-order valence-corrected chi connectivity index (χ3v) is 2.70. The molecule has 1 fully saturated rings. The number of halogens is 1. The van der Waals surface area contributed by atoms with Gasteiger partial charge in [-0.1, -0.05) is 18.2 Å². The molecule has 1 saturated heterocycles. The van der Waals surface area contributed by atoms with Gasteiger partial charge in [0.25, 0.3) is 0 Å². The standard InChI is InChI=1S/C12H16FNO/c13-12-4-2-1-3-10(12)5-6-11-9-14-7-8-15-11/h1-4,11,14H,5-9H2/t11-/m1/s1. The average Bonchev–Trinajstić information content (AvgIpc) is 2.29. The fraction of sp³-hybridized carbons (Fsp3) is 0.500. The zero-order valence-electron chi connectivity index (χ0n) is 8.71. The highest BCUT2D eigenvalue weighted by atomic mass is 19.1. The number of benzene rings is 1. The predicted molar refractivity (Wildman–Crippen MR) is 57.3 cm³/mol. The number of ether oxygens (including phenoxy) is 1. The Balaban J connectivity index is 1.84. The minimum Gasteiger partial charge on any atom is -0.376 e. The summed E-state index contributed by atoms with van der Waals surface area (Å²) in [6, 6.07) is 6.94. The van der Waals surface area contributed by atoms with Crippen LogP contribution < -0.4 is 5.32 Å². The molecular weight excluding hydrogens is 193 g/mol. The molecule has 0 unspecified atom stereocenters. The molecule has 0 aromatic heterocycles. The van der Waals surface area contributed by atoms with Crippen molar-refractivity contribution in [3.05, 3.63) is 35.6 Å². The summed E-state index contributed by atoms with van der Waals surface area (Å²) in [5.74, 6) is -0.110. The van der Waals surface area contributed by atoms with Crippen molar-refractivity contribution in [1.29, 1.82) is 0 Å². The Hall–Kier alpha value is -0.930. The van der Waals surface area contributed by atoms with E-state index in [0.29, 0.717) is 0 Å². The van der Waals surface area contributed by atoms with Crippen molar-refractivity contribution in [1.82, 2.24) is 5.32 Å². The quantitative estimate of drug-likeness (QED) is 0.818. The highest BCUT2D eigenvalue weighted by Crippen LogP contribution is 2.12. The summed E-state index contributed by atoms with van der Waals surface area (Å²) < 4.78 is 18.8. The van der Waals surface area contributed by atoms with Gasteiger partial charge < -0.3 is 10.1 Å². The van der Waals surface area contributed by atoms with Gasteiger partial charge in [-0.3, -0.25) is 0 Å². The molecule has 0 radical (unpaired) electrons. The first-order valence-electron chi connectivity index (χ1n) is 5.42. The smallest absolute Gasteiger partial charge is 0.126 e. The van der Waals surface area contributed by atoms with Crippen LogP contribution in [0.1, 0.15) is 12.0 Å². The van der Waals surface area contributed by atoms with E-state index < -0.39 is 0 Å². The van der Waals surface area contributed by atoms with Gasteiger partial charge in [-0.25, -0.2) is 4.39 Å². The first kappa shape index (κ1) is 10.6. The van der Waals surface area contributed by atoms with Crippen LogP contribution in [0.2, 0.25) is 0 Å². The Bertz CT molecular complexity index is 310. The fourth-order valence-electron chi connectivity index (χ4n) is 1.82. The molecule has 1 atom stereocenters. The van der Waals surface area contributed by atoms with Gasteiger partial charge in [0.05, 0.1) is 12.7 Å². The van der Waals surface area contributed by atoms with Gasteiger partial charge in [-0.2, -0.15) is 0 Å². The Morgan fingerprint density at radius 2 is 2.27 bits per heavy atom. The average molecular weight is 209 g/mol. The van der Waals surface area contributed by atoms with Gasteiger partial charge in [-0.15, -0.1) is 0 Å². The number of morpholine rings is 1. The zero-order valence-corrected chi connectivity index (χ0v) is 8.71. The molecule has 2 nitrogen and oxygen atoms in total. The molecule has 15 heavy (non-hydrogen) atoms. The second kappa shape index (κ2) is 5.24. The first-order chi connectivity index (χ1) is 7.36. The van der Waals surface area contributed by atoms with E-state index in [4.69, 9.17) is 4.74 Å². The lowest BCUT2D eigenvalue weighted by atomic mass is 10.1. The van der Waals surface area contributed by atoms with E-state index in [0.717, 1.165) is 38.1 Å². The minimum atomic E-state index is -0.110. The van der Waals surface area contributed by atoms with Crippen molar-refractivity contribution >= 4 is 0 Å². The first-order valence-corrected chi connectivity index (χ1v) is 5.42. The summed E-state index contributed by atoms with van der Waals surface area (Å²) >= 11 is 0. The Morgan fingerprint density at radius 1 is 1.40 bits per heavy atom.